The van der Waals surface area contributed by atoms with Gasteiger partial charge < -0.3 is 25.4 Å². The number of nitrogens with one attached hydrogen (secondary N) is 1. The molecule has 252 valence electrons. The molecule has 2 aromatic rings. The molecule has 2 fully saturated rings. The highest BCUT2D eigenvalue weighted by Gasteiger charge is 2.38. The number of unbranched alkanes of at least 4 members (excludes halogenated alkanes) is 1. The number of rotatable bonds is 13. The summed E-state index contributed by atoms with van der Waals surface area (Å²) < 4.78 is 26.1. The molecule has 4 rings (SSSR count). The topological polar surface area (TPSA) is 152 Å². The third-order valence-corrected chi connectivity index (χ3v) is 8.51. The number of nitrogens with two attached hydrogens (primary N) is 1. The first-order chi connectivity index (χ1) is 21.4. The number of ether oxygens (including phenoxy) is 2. The van der Waals surface area contributed by atoms with Gasteiger partial charge in [-0.2, -0.15) is 0 Å². The second-order valence-corrected chi connectivity index (χ2v) is 13.0. The van der Waals surface area contributed by atoms with E-state index in [0.717, 1.165) is 21.1 Å². The smallest absolute Gasteiger partial charge is 0.414 e. The molecule has 0 radical (unpaired) electrons. The van der Waals surface area contributed by atoms with Gasteiger partial charge in [0.2, 0.25) is 11.8 Å². The lowest BCUT2D eigenvalue weighted by Gasteiger charge is -2.27. The van der Waals surface area contributed by atoms with E-state index in [2.05, 4.69) is 5.32 Å². The van der Waals surface area contributed by atoms with Crippen LogP contribution in [0.15, 0.2) is 30.3 Å². The molecule has 0 bridgehead atoms. The number of morpholine rings is 1. The molecule has 46 heavy (non-hydrogen) atoms. The Hall–Kier alpha value is -3.30. The number of imide groups is 1. The van der Waals surface area contributed by atoms with Crippen molar-refractivity contribution in [2.24, 2.45) is 11.7 Å². The maximum absolute atomic E-state index is 15.2. The Labute approximate surface area is 281 Å². The fourth-order valence-electron chi connectivity index (χ4n) is 5.04. The zero-order valence-electron chi connectivity index (χ0n) is 25.5. The van der Waals surface area contributed by atoms with E-state index in [1.165, 1.54) is 29.2 Å². The number of thiophene rings is 1. The molecule has 0 saturated carbocycles. The maximum atomic E-state index is 15.2. The number of carbonyl (C=O) groups is 5. The molecule has 0 aliphatic carbocycles. The first-order valence-electron chi connectivity index (χ1n) is 14.7. The highest BCUT2D eigenvalue weighted by atomic mass is 35.5. The number of benzene rings is 1. The lowest BCUT2D eigenvalue weighted by Crippen LogP contribution is -2.43. The van der Waals surface area contributed by atoms with E-state index in [0.29, 0.717) is 42.4 Å². The fourth-order valence-corrected chi connectivity index (χ4v) is 6.04. The Bertz CT molecular complexity index is 1430. The Balaban J connectivity index is 0.00000576. The predicted molar refractivity (Wildman–Crippen MR) is 174 cm³/mol. The van der Waals surface area contributed by atoms with Crippen LogP contribution in [0, 0.1) is 11.7 Å². The van der Waals surface area contributed by atoms with E-state index in [9.17, 15) is 24.0 Å². The van der Waals surface area contributed by atoms with Gasteiger partial charge in [0.25, 0.3) is 11.8 Å². The minimum Gasteiger partial charge on any atom is -0.442 e. The number of hydrogen-bond acceptors (Lipinski definition) is 9. The Morgan fingerprint density at radius 2 is 1.93 bits per heavy atom. The number of halogens is 3. The molecule has 5 amide bonds. The van der Waals surface area contributed by atoms with Gasteiger partial charge in [0.1, 0.15) is 18.5 Å². The summed E-state index contributed by atoms with van der Waals surface area (Å²) in [6.07, 6.45) is -0.338. The maximum Gasteiger partial charge on any atom is 0.414 e. The van der Waals surface area contributed by atoms with Crippen LogP contribution in [0.2, 0.25) is 4.34 Å². The van der Waals surface area contributed by atoms with Gasteiger partial charge in [-0.3, -0.25) is 29.0 Å². The van der Waals surface area contributed by atoms with Crippen molar-refractivity contribution < 1.29 is 37.8 Å². The standard InChI is InChI=1S/C30H37ClFN5O7S.ClH/c1-18(2)13-22(33)28(40)34-10-4-3-5-26(38)37(29(41)24-8-9-25(31)45-24)16-20-15-36(30(42)44-20)23-7-6-19(14-21(23)32)35-11-12-43-17-27(35)39;/h6-9,14,18,20,22H,3-5,10-13,15-17,33H2,1-2H3,(H,34,40);1H/t20-,22+;/m1./s1. The van der Waals surface area contributed by atoms with E-state index < -0.39 is 35.9 Å². The lowest BCUT2D eigenvalue weighted by atomic mass is 10.0. The molecule has 2 aliphatic heterocycles. The normalized spacial score (nSPS) is 17.0. The number of anilines is 2. The van der Waals surface area contributed by atoms with Crippen LogP contribution in [0.5, 0.6) is 0 Å². The predicted octanol–water partition coefficient (Wildman–Crippen LogP) is 3.98. The summed E-state index contributed by atoms with van der Waals surface area (Å²) in [5, 5.41) is 2.77. The average molecular weight is 703 g/mol. The molecule has 2 aliphatic rings. The van der Waals surface area contributed by atoms with Crippen LogP contribution in [0.4, 0.5) is 20.6 Å². The van der Waals surface area contributed by atoms with E-state index in [-0.39, 0.29) is 73.4 Å². The summed E-state index contributed by atoms with van der Waals surface area (Å²) in [6.45, 7) is 4.42. The molecular weight excluding hydrogens is 664 g/mol. The second kappa shape index (κ2) is 17.0. The number of amides is 5. The quantitative estimate of drug-likeness (QED) is 0.298. The fraction of sp³-hybridized carbons (Fsp3) is 0.500. The third kappa shape index (κ3) is 9.61. The van der Waals surface area contributed by atoms with Crippen LogP contribution in [-0.4, -0.2) is 86.2 Å². The molecule has 1 aromatic heterocycles. The molecular formula is C30H38Cl2FN5O7S. The first kappa shape index (κ1) is 37.2. The van der Waals surface area contributed by atoms with Gasteiger partial charge in [-0.25, -0.2) is 9.18 Å². The summed E-state index contributed by atoms with van der Waals surface area (Å²) in [6, 6.07) is 6.53. The highest BCUT2D eigenvalue weighted by molar-refractivity contribution is 7.18. The number of cyclic esters (lactones) is 1. The Morgan fingerprint density at radius 1 is 1.17 bits per heavy atom. The first-order valence-corrected chi connectivity index (χ1v) is 15.9. The van der Waals surface area contributed by atoms with Crippen molar-refractivity contribution >= 4 is 76.4 Å². The number of nitrogens with zero attached hydrogens (tertiary/aromatic N) is 3. The Kier molecular flexibility index (Phi) is 13.8. The highest BCUT2D eigenvalue weighted by Crippen LogP contribution is 2.30. The SMILES string of the molecule is CC(C)C[C@H](N)C(=O)NCCCCC(=O)N(C[C@H]1CN(c2ccc(N3CCOCC3=O)cc2F)C(=O)O1)C(=O)c1ccc(Cl)s1.Cl. The zero-order valence-corrected chi connectivity index (χ0v) is 27.9. The van der Waals surface area contributed by atoms with Crippen LogP contribution in [0.25, 0.3) is 0 Å². The van der Waals surface area contributed by atoms with Crippen LogP contribution in [-0.2, 0) is 23.9 Å². The van der Waals surface area contributed by atoms with Crippen LogP contribution >= 0.6 is 35.3 Å². The van der Waals surface area contributed by atoms with Gasteiger partial charge in [0, 0.05) is 25.2 Å². The molecule has 3 heterocycles. The van der Waals surface area contributed by atoms with Gasteiger partial charge in [-0.1, -0.05) is 25.4 Å². The van der Waals surface area contributed by atoms with E-state index in [4.69, 9.17) is 26.8 Å². The minimum atomic E-state index is -0.928. The van der Waals surface area contributed by atoms with Crippen molar-refractivity contribution in [3.63, 3.8) is 0 Å². The third-order valence-electron chi connectivity index (χ3n) is 7.29. The minimum absolute atomic E-state index is 0. The largest absolute Gasteiger partial charge is 0.442 e. The van der Waals surface area contributed by atoms with Crippen LogP contribution in [0.1, 0.15) is 49.2 Å². The van der Waals surface area contributed by atoms with Crippen molar-refractivity contribution in [2.75, 3.05) is 49.2 Å². The van der Waals surface area contributed by atoms with Crippen molar-refractivity contribution in [1.82, 2.24) is 10.2 Å². The average Bonchev–Trinajstić information content (AvgIpc) is 3.59. The van der Waals surface area contributed by atoms with Crippen molar-refractivity contribution in [3.05, 3.63) is 45.4 Å². The van der Waals surface area contributed by atoms with E-state index >= 15 is 4.39 Å². The lowest BCUT2D eigenvalue weighted by molar-refractivity contribution is -0.129. The van der Waals surface area contributed by atoms with Crippen LogP contribution < -0.4 is 20.9 Å². The van der Waals surface area contributed by atoms with E-state index in [1.807, 2.05) is 13.8 Å². The molecule has 0 unspecified atom stereocenters. The van der Waals surface area contributed by atoms with Gasteiger partial charge in [-0.15, -0.1) is 23.7 Å². The summed E-state index contributed by atoms with van der Waals surface area (Å²) in [7, 11) is 0. The molecule has 1 aromatic carbocycles. The molecule has 3 N–H and O–H groups in total. The van der Waals surface area contributed by atoms with Crippen molar-refractivity contribution in [1.29, 1.82) is 0 Å². The van der Waals surface area contributed by atoms with Gasteiger partial charge >= 0.3 is 6.09 Å². The van der Waals surface area contributed by atoms with Crippen LogP contribution in [0.3, 0.4) is 0 Å². The number of carbonyl (C=O) groups excluding carboxylic acids is 5. The summed E-state index contributed by atoms with van der Waals surface area (Å²) >= 11 is 7.04. The molecule has 2 saturated heterocycles. The van der Waals surface area contributed by atoms with Crippen molar-refractivity contribution in [2.45, 2.75) is 51.7 Å². The van der Waals surface area contributed by atoms with Crippen molar-refractivity contribution in [3.8, 4) is 0 Å². The second-order valence-electron chi connectivity index (χ2n) is 11.2. The van der Waals surface area contributed by atoms with E-state index in [1.54, 1.807) is 6.07 Å². The van der Waals surface area contributed by atoms with Gasteiger partial charge in [0.15, 0.2) is 0 Å². The number of hydrogen-bond donors (Lipinski definition) is 2. The molecule has 0 spiro atoms. The zero-order chi connectivity index (χ0) is 32.7. The molecule has 16 heteroatoms. The summed E-state index contributed by atoms with van der Waals surface area (Å²) in [5.41, 5.74) is 6.18. The summed E-state index contributed by atoms with van der Waals surface area (Å²) in [4.78, 5) is 67.5. The molecule has 2 atom stereocenters. The monoisotopic (exact) mass is 701 g/mol. The van der Waals surface area contributed by atoms with Gasteiger partial charge in [-0.05, 0) is 55.5 Å². The Morgan fingerprint density at radius 3 is 2.59 bits per heavy atom. The summed E-state index contributed by atoms with van der Waals surface area (Å²) in [5.74, 6) is -2.10. The van der Waals surface area contributed by atoms with Gasteiger partial charge in [0.05, 0.1) is 40.6 Å². The molecule has 12 nitrogen and oxygen atoms in total.